The van der Waals surface area contributed by atoms with Crippen LogP contribution < -0.4 is 10.9 Å². The molecule has 0 radical (unpaired) electrons. The maximum atomic E-state index is 12.4. The van der Waals surface area contributed by atoms with E-state index in [9.17, 15) is 9.59 Å². The van der Waals surface area contributed by atoms with Gasteiger partial charge in [0.15, 0.2) is 5.16 Å². The summed E-state index contributed by atoms with van der Waals surface area (Å²) in [5, 5.41) is 4.16. The Bertz CT molecular complexity index is 737. The molecule has 1 aromatic heterocycles. The number of hydrogen-bond donors (Lipinski definition) is 1. The van der Waals surface area contributed by atoms with E-state index in [0.29, 0.717) is 34.4 Å². The van der Waals surface area contributed by atoms with Gasteiger partial charge in [-0.2, -0.15) is 0 Å². The lowest BCUT2D eigenvalue weighted by Gasteiger charge is -2.11. The van der Waals surface area contributed by atoms with Crippen LogP contribution >= 0.6 is 11.8 Å². The van der Waals surface area contributed by atoms with Crippen molar-refractivity contribution in [1.29, 1.82) is 0 Å². The minimum atomic E-state index is -0.0480. The Morgan fingerprint density at radius 2 is 2.19 bits per heavy atom. The molecule has 1 aliphatic carbocycles. The maximum Gasteiger partial charge on any atom is 0.262 e. The van der Waals surface area contributed by atoms with Crippen molar-refractivity contribution in [3.05, 3.63) is 34.6 Å². The predicted molar refractivity (Wildman–Crippen MR) is 83.6 cm³/mol. The Balaban J connectivity index is 1.86. The summed E-state index contributed by atoms with van der Waals surface area (Å²) in [6.45, 7) is 2.45. The molecule has 2 aromatic rings. The third-order valence-corrected chi connectivity index (χ3v) is 4.39. The molecule has 6 heteroatoms. The standard InChI is InChI=1S/C15H17N3O2S/c1-2-18-14(20)11-5-3-4-6-12(11)17-15(18)21-9-13(19)16-10-7-8-10/h3-6,10H,2,7-9H2,1H3,(H,16,19). The summed E-state index contributed by atoms with van der Waals surface area (Å²) in [5.41, 5.74) is 0.630. The number of fused-ring (bicyclic) bond motifs is 1. The van der Waals surface area contributed by atoms with Crippen molar-refractivity contribution in [2.24, 2.45) is 0 Å². The number of benzene rings is 1. The van der Waals surface area contributed by atoms with Gasteiger partial charge in [0.25, 0.3) is 5.56 Å². The highest BCUT2D eigenvalue weighted by atomic mass is 32.2. The molecule has 1 saturated carbocycles. The summed E-state index contributed by atoms with van der Waals surface area (Å²) in [4.78, 5) is 28.7. The molecule has 0 saturated heterocycles. The first-order valence-corrected chi connectivity index (χ1v) is 8.09. The number of para-hydroxylation sites is 1. The van der Waals surface area contributed by atoms with Gasteiger partial charge < -0.3 is 5.32 Å². The monoisotopic (exact) mass is 303 g/mol. The van der Waals surface area contributed by atoms with Gasteiger partial charge in [-0.1, -0.05) is 23.9 Å². The highest BCUT2D eigenvalue weighted by molar-refractivity contribution is 7.99. The van der Waals surface area contributed by atoms with E-state index in [0.717, 1.165) is 12.8 Å². The Morgan fingerprint density at radius 3 is 2.90 bits per heavy atom. The van der Waals surface area contributed by atoms with Crippen LogP contribution in [0, 0.1) is 0 Å². The first-order chi connectivity index (χ1) is 10.2. The van der Waals surface area contributed by atoms with Gasteiger partial charge in [0.1, 0.15) is 0 Å². The van der Waals surface area contributed by atoms with Gasteiger partial charge >= 0.3 is 0 Å². The number of carbonyl (C=O) groups excluding carboxylic acids is 1. The molecule has 0 atom stereocenters. The minimum absolute atomic E-state index is 0.00700. The van der Waals surface area contributed by atoms with Crippen LogP contribution in [0.2, 0.25) is 0 Å². The largest absolute Gasteiger partial charge is 0.353 e. The first-order valence-electron chi connectivity index (χ1n) is 7.10. The highest BCUT2D eigenvalue weighted by Crippen LogP contribution is 2.20. The molecule has 5 nitrogen and oxygen atoms in total. The van der Waals surface area contributed by atoms with Gasteiger partial charge in [0.05, 0.1) is 16.7 Å². The minimum Gasteiger partial charge on any atom is -0.353 e. The second-order valence-corrected chi connectivity index (χ2v) is 6.03. The smallest absolute Gasteiger partial charge is 0.262 e. The molecule has 0 aliphatic heterocycles. The summed E-state index contributed by atoms with van der Waals surface area (Å²) >= 11 is 1.32. The summed E-state index contributed by atoms with van der Waals surface area (Å²) in [6, 6.07) is 7.66. The number of nitrogens with one attached hydrogen (secondary N) is 1. The molecule has 0 spiro atoms. The number of thioether (sulfide) groups is 1. The second kappa shape index (κ2) is 5.89. The molecule has 0 unspecified atom stereocenters. The van der Waals surface area contributed by atoms with Crippen molar-refractivity contribution < 1.29 is 4.79 Å². The van der Waals surface area contributed by atoms with Crippen molar-refractivity contribution in [3.63, 3.8) is 0 Å². The number of carbonyl (C=O) groups is 1. The fourth-order valence-electron chi connectivity index (χ4n) is 2.16. The number of aromatic nitrogens is 2. The van der Waals surface area contributed by atoms with E-state index in [2.05, 4.69) is 10.3 Å². The van der Waals surface area contributed by atoms with Crippen molar-refractivity contribution in [2.75, 3.05) is 5.75 Å². The van der Waals surface area contributed by atoms with E-state index in [4.69, 9.17) is 0 Å². The van der Waals surface area contributed by atoms with Crippen LogP contribution in [0.3, 0.4) is 0 Å². The van der Waals surface area contributed by atoms with E-state index < -0.39 is 0 Å². The van der Waals surface area contributed by atoms with Crippen LogP contribution in [-0.2, 0) is 11.3 Å². The van der Waals surface area contributed by atoms with Crippen molar-refractivity contribution in [2.45, 2.75) is 37.5 Å². The van der Waals surface area contributed by atoms with Crippen molar-refractivity contribution in [3.8, 4) is 0 Å². The normalized spacial score (nSPS) is 14.3. The fraction of sp³-hybridized carbons (Fsp3) is 0.400. The van der Waals surface area contributed by atoms with Crippen LogP contribution in [-0.4, -0.2) is 27.3 Å². The number of amides is 1. The zero-order valence-corrected chi connectivity index (χ0v) is 12.7. The van der Waals surface area contributed by atoms with Crippen LogP contribution in [0.25, 0.3) is 10.9 Å². The van der Waals surface area contributed by atoms with Gasteiger partial charge in [0.2, 0.25) is 5.91 Å². The van der Waals surface area contributed by atoms with Crippen molar-refractivity contribution >= 4 is 28.6 Å². The first kappa shape index (κ1) is 14.1. The van der Waals surface area contributed by atoms with Gasteiger partial charge in [-0.3, -0.25) is 14.2 Å². The topological polar surface area (TPSA) is 64.0 Å². The molecular formula is C15H17N3O2S. The molecule has 1 N–H and O–H groups in total. The van der Waals surface area contributed by atoms with E-state index in [-0.39, 0.29) is 11.5 Å². The molecule has 1 aromatic carbocycles. The third-order valence-electron chi connectivity index (χ3n) is 3.42. The zero-order chi connectivity index (χ0) is 14.8. The summed E-state index contributed by atoms with van der Waals surface area (Å²) in [5.74, 6) is 0.300. The molecular weight excluding hydrogens is 286 g/mol. The molecule has 1 fully saturated rings. The average molecular weight is 303 g/mol. The van der Waals surface area contributed by atoms with E-state index in [1.165, 1.54) is 11.8 Å². The third kappa shape index (κ3) is 3.10. The molecule has 110 valence electrons. The molecule has 1 heterocycles. The lowest BCUT2D eigenvalue weighted by molar-refractivity contribution is -0.118. The van der Waals surface area contributed by atoms with E-state index >= 15 is 0 Å². The molecule has 21 heavy (non-hydrogen) atoms. The maximum absolute atomic E-state index is 12.4. The van der Waals surface area contributed by atoms with Gasteiger partial charge in [-0.25, -0.2) is 4.98 Å². The van der Waals surface area contributed by atoms with Gasteiger partial charge in [-0.05, 0) is 31.9 Å². The Labute approximate surface area is 126 Å². The Morgan fingerprint density at radius 1 is 1.43 bits per heavy atom. The predicted octanol–water partition coefficient (Wildman–Crippen LogP) is 1.79. The average Bonchev–Trinajstić information content (AvgIpc) is 3.29. The SMILES string of the molecule is CCn1c(SCC(=O)NC2CC2)nc2ccccc2c1=O. The highest BCUT2D eigenvalue weighted by Gasteiger charge is 2.23. The van der Waals surface area contributed by atoms with Crippen LogP contribution in [0.5, 0.6) is 0 Å². The van der Waals surface area contributed by atoms with Crippen molar-refractivity contribution in [1.82, 2.24) is 14.9 Å². The molecule has 1 amide bonds. The van der Waals surface area contributed by atoms with Crippen LogP contribution in [0.4, 0.5) is 0 Å². The van der Waals surface area contributed by atoms with E-state index in [1.807, 2.05) is 25.1 Å². The fourth-order valence-corrected chi connectivity index (χ4v) is 3.04. The number of hydrogen-bond acceptors (Lipinski definition) is 4. The summed E-state index contributed by atoms with van der Waals surface area (Å²) in [7, 11) is 0. The number of rotatable bonds is 5. The van der Waals surface area contributed by atoms with Crippen LogP contribution in [0.15, 0.2) is 34.2 Å². The lowest BCUT2D eigenvalue weighted by atomic mass is 10.2. The molecule has 3 rings (SSSR count). The van der Waals surface area contributed by atoms with Crippen LogP contribution in [0.1, 0.15) is 19.8 Å². The number of nitrogens with zero attached hydrogens (tertiary/aromatic N) is 2. The summed E-state index contributed by atoms with van der Waals surface area (Å²) in [6.07, 6.45) is 2.15. The second-order valence-electron chi connectivity index (χ2n) is 5.09. The van der Waals surface area contributed by atoms with E-state index in [1.54, 1.807) is 10.6 Å². The zero-order valence-electron chi connectivity index (χ0n) is 11.8. The molecule has 0 bridgehead atoms. The molecule has 1 aliphatic rings. The lowest BCUT2D eigenvalue weighted by Crippen LogP contribution is -2.28. The summed E-state index contributed by atoms with van der Waals surface area (Å²) < 4.78 is 1.62. The Hall–Kier alpha value is -1.82. The van der Waals surface area contributed by atoms with Gasteiger partial charge in [0, 0.05) is 12.6 Å². The quantitative estimate of drug-likeness (QED) is 0.675. The van der Waals surface area contributed by atoms with Gasteiger partial charge in [-0.15, -0.1) is 0 Å². The Kier molecular flexibility index (Phi) is 3.96.